The minimum absolute atomic E-state index is 0.356. The number of rotatable bonds is 6. The van der Waals surface area contributed by atoms with Crippen molar-refractivity contribution >= 4 is 5.91 Å². The number of hydrogen-bond acceptors (Lipinski definition) is 2. The molecule has 0 saturated heterocycles. The maximum Gasteiger partial charge on any atom is 0.222 e. The molecular weight excluding hydrogens is 212 g/mol. The fourth-order valence-corrected chi connectivity index (χ4v) is 2.67. The number of amides is 1. The Balaban J connectivity index is 2.35. The third-order valence-corrected chi connectivity index (χ3v) is 3.69. The van der Waals surface area contributed by atoms with Crippen molar-refractivity contribution in [1.29, 1.82) is 0 Å². The first-order valence-corrected chi connectivity index (χ1v) is 7.20. The van der Waals surface area contributed by atoms with Crippen molar-refractivity contribution in [1.82, 2.24) is 4.90 Å². The highest BCUT2D eigenvalue weighted by Gasteiger charge is 2.22. The molecule has 3 heteroatoms. The molecule has 0 aromatic rings. The Labute approximate surface area is 106 Å². The Kier molecular flexibility index (Phi) is 6.56. The third kappa shape index (κ3) is 5.07. The molecule has 1 aliphatic carbocycles. The predicted molar refractivity (Wildman–Crippen MR) is 71.7 cm³/mol. The molecule has 1 amide bonds. The number of carbonyl (C=O) groups is 1. The second-order valence-corrected chi connectivity index (χ2v) is 5.37. The van der Waals surface area contributed by atoms with Gasteiger partial charge in [-0.25, -0.2) is 0 Å². The second kappa shape index (κ2) is 7.70. The highest BCUT2D eigenvalue weighted by Crippen LogP contribution is 2.26. The maximum absolute atomic E-state index is 12.2. The van der Waals surface area contributed by atoms with Crippen molar-refractivity contribution in [2.45, 2.75) is 64.8 Å². The Morgan fingerprint density at radius 2 is 1.65 bits per heavy atom. The molecule has 3 nitrogen and oxygen atoms in total. The van der Waals surface area contributed by atoms with Crippen LogP contribution in [0.4, 0.5) is 0 Å². The smallest absolute Gasteiger partial charge is 0.222 e. The van der Waals surface area contributed by atoms with Gasteiger partial charge in [-0.1, -0.05) is 13.8 Å². The summed E-state index contributed by atoms with van der Waals surface area (Å²) >= 11 is 0. The van der Waals surface area contributed by atoms with Crippen molar-refractivity contribution in [3.8, 4) is 0 Å². The highest BCUT2D eigenvalue weighted by molar-refractivity contribution is 5.76. The van der Waals surface area contributed by atoms with Crippen LogP contribution in [0.3, 0.4) is 0 Å². The standard InChI is InChI=1S/C14H28N2O/c1-3-9-16(10-4-2)14(17)11-12-5-7-13(15)8-6-12/h12-13H,3-11,15H2,1-2H3. The van der Waals surface area contributed by atoms with E-state index in [0.717, 1.165) is 58.0 Å². The number of nitrogens with two attached hydrogens (primary N) is 1. The Hall–Kier alpha value is -0.570. The van der Waals surface area contributed by atoms with E-state index in [4.69, 9.17) is 5.73 Å². The fraction of sp³-hybridized carbons (Fsp3) is 0.929. The Morgan fingerprint density at radius 3 is 2.12 bits per heavy atom. The second-order valence-electron chi connectivity index (χ2n) is 5.37. The van der Waals surface area contributed by atoms with E-state index in [1.54, 1.807) is 0 Å². The van der Waals surface area contributed by atoms with Crippen molar-refractivity contribution in [2.24, 2.45) is 11.7 Å². The zero-order valence-corrected chi connectivity index (χ0v) is 11.5. The van der Waals surface area contributed by atoms with Crippen LogP contribution < -0.4 is 5.73 Å². The topological polar surface area (TPSA) is 46.3 Å². The summed E-state index contributed by atoms with van der Waals surface area (Å²) in [5, 5.41) is 0. The summed E-state index contributed by atoms with van der Waals surface area (Å²) in [6.45, 7) is 6.10. The molecule has 0 unspecified atom stereocenters. The van der Waals surface area contributed by atoms with E-state index in [2.05, 4.69) is 13.8 Å². The molecular formula is C14H28N2O. The third-order valence-electron chi connectivity index (χ3n) is 3.69. The molecule has 1 fully saturated rings. The molecule has 17 heavy (non-hydrogen) atoms. The molecule has 0 aromatic heterocycles. The molecule has 0 bridgehead atoms. The number of carbonyl (C=O) groups excluding carboxylic acids is 1. The molecule has 0 aliphatic heterocycles. The van der Waals surface area contributed by atoms with Gasteiger partial charge in [0, 0.05) is 25.6 Å². The largest absolute Gasteiger partial charge is 0.343 e. The van der Waals surface area contributed by atoms with Gasteiger partial charge in [0.05, 0.1) is 0 Å². The lowest BCUT2D eigenvalue weighted by Crippen LogP contribution is -2.35. The van der Waals surface area contributed by atoms with E-state index >= 15 is 0 Å². The average Bonchev–Trinajstić information content (AvgIpc) is 2.32. The van der Waals surface area contributed by atoms with E-state index in [1.807, 2.05) is 4.90 Å². The molecule has 0 heterocycles. The molecule has 100 valence electrons. The molecule has 2 N–H and O–H groups in total. The van der Waals surface area contributed by atoms with Gasteiger partial charge in [0.1, 0.15) is 0 Å². The number of nitrogens with zero attached hydrogens (tertiary/aromatic N) is 1. The summed E-state index contributed by atoms with van der Waals surface area (Å²) in [4.78, 5) is 14.2. The van der Waals surface area contributed by atoms with Gasteiger partial charge >= 0.3 is 0 Å². The lowest BCUT2D eigenvalue weighted by Gasteiger charge is -2.28. The van der Waals surface area contributed by atoms with Crippen molar-refractivity contribution in [3.05, 3.63) is 0 Å². The zero-order valence-electron chi connectivity index (χ0n) is 11.5. The molecule has 0 atom stereocenters. The molecule has 0 aromatic carbocycles. The summed E-state index contributed by atoms with van der Waals surface area (Å²) in [5.74, 6) is 0.938. The number of hydrogen-bond donors (Lipinski definition) is 1. The first kappa shape index (κ1) is 14.5. The maximum atomic E-state index is 12.2. The van der Waals surface area contributed by atoms with Crippen molar-refractivity contribution < 1.29 is 4.79 Å². The zero-order chi connectivity index (χ0) is 12.7. The first-order chi connectivity index (χ1) is 8.17. The van der Waals surface area contributed by atoms with Gasteiger partial charge in [0.15, 0.2) is 0 Å². The van der Waals surface area contributed by atoms with Crippen LogP contribution in [0.1, 0.15) is 58.8 Å². The van der Waals surface area contributed by atoms with E-state index in [1.165, 1.54) is 0 Å². The Morgan fingerprint density at radius 1 is 1.12 bits per heavy atom. The summed E-state index contributed by atoms with van der Waals surface area (Å²) in [5.41, 5.74) is 5.89. The van der Waals surface area contributed by atoms with Gasteiger partial charge in [-0.05, 0) is 44.4 Å². The molecule has 1 rings (SSSR count). The van der Waals surface area contributed by atoms with E-state index in [0.29, 0.717) is 17.9 Å². The molecule has 0 spiro atoms. The SMILES string of the molecule is CCCN(CCC)C(=O)CC1CCC(N)CC1. The van der Waals surface area contributed by atoms with Crippen LogP contribution in [0, 0.1) is 5.92 Å². The monoisotopic (exact) mass is 240 g/mol. The van der Waals surface area contributed by atoms with Gasteiger partial charge in [-0.2, -0.15) is 0 Å². The minimum Gasteiger partial charge on any atom is -0.343 e. The highest BCUT2D eigenvalue weighted by atomic mass is 16.2. The first-order valence-electron chi connectivity index (χ1n) is 7.20. The van der Waals surface area contributed by atoms with Crippen molar-refractivity contribution in [3.63, 3.8) is 0 Å². The summed E-state index contributed by atoms with van der Waals surface area (Å²) in [6, 6.07) is 0.378. The van der Waals surface area contributed by atoms with Gasteiger partial charge in [0.2, 0.25) is 5.91 Å². The van der Waals surface area contributed by atoms with E-state index in [-0.39, 0.29) is 0 Å². The fourth-order valence-electron chi connectivity index (χ4n) is 2.67. The minimum atomic E-state index is 0.356. The van der Waals surface area contributed by atoms with Crippen LogP contribution in [0.15, 0.2) is 0 Å². The lowest BCUT2D eigenvalue weighted by molar-refractivity contribution is -0.132. The van der Waals surface area contributed by atoms with E-state index < -0.39 is 0 Å². The van der Waals surface area contributed by atoms with Crippen LogP contribution in [-0.2, 0) is 4.79 Å². The molecule has 0 radical (unpaired) electrons. The summed E-state index contributed by atoms with van der Waals surface area (Å²) in [7, 11) is 0. The van der Waals surface area contributed by atoms with Crippen LogP contribution in [0.2, 0.25) is 0 Å². The molecule has 1 saturated carbocycles. The normalized spacial score (nSPS) is 24.6. The van der Waals surface area contributed by atoms with Gasteiger partial charge in [-0.3, -0.25) is 4.79 Å². The van der Waals surface area contributed by atoms with Crippen molar-refractivity contribution in [2.75, 3.05) is 13.1 Å². The predicted octanol–water partition coefficient (Wildman–Crippen LogP) is 2.54. The van der Waals surface area contributed by atoms with Crippen LogP contribution in [-0.4, -0.2) is 29.9 Å². The summed E-state index contributed by atoms with van der Waals surface area (Å²) in [6.07, 6.45) is 7.33. The van der Waals surface area contributed by atoms with Gasteiger partial charge in [0.25, 0.3) is 0 Å². The summed E-state index contributed by atoms with van der Waals surface area (Å²) < 4.78 is 0. The Bertz CT molecular complexity index is 216. The van der Waals surface area contributed by atoms with Crippen LogP contribution in [0.5, 0.6) is 0 Å². The quantitative estimate of drug-likeness (QED) is 0.775. The average molecular weight is 240 g/mol. The van der Waals surface area contributed by atoms with Gasteiger partial charge < -0.3 is 10.6 Å². The van der Waals surface area contributed by atoms with E-state index in [9.17, 15) is 4.79 Å². The van der Waals surface area contributed by atoms with Crippen LogP contribution in [0.25, 0.3) is 0 Å². The van der Waals surface area contributed by atoms with Gasteiger partial charge in [-0.15, -0.1) is 0 Å². The molecule has 1 aliphatic rings. The van der Waals surface area contributed by atoms with Crippen LogP contribution >= 0.6 is 0 Å². The lowest BCUT2D eigenvalue weighted by atomic mass is 9.84.